The fourth-order valence-electron chi connectivity index (χ4n) is 3.80. The van der Waals surface area contributed by atoms with Crippen LogP contribution in [-0.2, 0) is 16.6 Å². The van der Waals surface area contributed by atoms with Crippen LogP contribution in [0.4, 0.5) is 0 Å². The Kier molecular flexibility index (Phi) is 4.56. The predicted molar refractivity (Wildman–Crippen MR) is 85.2 cm³/mol. The van der Waals surface area contributed by atoms with E-state index in [0.717, 1.165) is 44.3 Å². The lowest BCUT2D eigenvalue weighted by molar-refractivity contribution is 0.197. The van der Waals surface area contributed by atoms with E-state index in [0.29, 0.717) is 24.0 Å². The Labute approximate surface area is 132 Å². The molecule has 1 aromatic rings. The number of piperidine rings is 1. The molecule has 0 aromatic carbocycles. The van der Waals surface area contributed by atoms with E-state index in [1.807, 2.05) is 13.8 Å². The normalized spacial score (nSPS) is 27.4. The molecule has 7 heteroatoms. The predicted octanol–water partition coefficient (Wildman–Crippen LogP) is 1.51. The van der Waals surface area contributed by atoms with Gasteiger partial charge in [-0.05, 0) is 46.1 Å². The number of nitrogens with one attached hydrogen (secondary N) is 1. The third-order valence-corrected chi connectivity index (χ3v) is 7.03. The molecule has 2 fully saturated rings. The first-order valence-electron chi connectivity index (χ1n) is 8.33. The van der Waals surface area contributed by atoms with E-state index in [1.54, 1.807) is 8.99 Å². The van der Waals surface area contributed by atoms with Crippen molar-refractivity contribution in [1.82, 2.24) is 19.4 Å². The zero-order valence-electron chi connectivity index (χ0n) is 13.5. The number of sulfonamides is 1. The molecule has 1 aromatic heterocycles. The molecular formula is C15H26N4O2S. The quantitative estimate of drug-likeness (QED) is 0.914. The Hall–Kier alpha value is -0.920. The van der Waals surface area contributed by atoms with Crippen molar-refractivity contribution in [2.45, 2.75) is 69.5 Å². The van der Waals surface area contributed by atoms with Gasteiger partial charge in [-0.2, -0.15) is 9.40 Å². The Bertz CT molecular complexity index is 625. The maximum Gasteiger partial charge on any atom is 0.246 e. The van der Waals surface area contributed by atoms with Gasteiger partial charge in [-0.3, -0.25) is 4.68 Å². The molecule has 0 bridgehead atoms. The largest absolute Gasteiger partial charge is 0.312 e. The number of nitrogens with zero attached hydrogens (tertiary/aromatic N) is 3. The highest BCUT2D eigenvalue weighted by Crippen LogP contribution is 2.30. The molecule has 124 valence electrons. The lowest BCUT2D eigenvalue weighted by Gasteiger charge is -2.39. The maximum absolute atomic E-state index is 13.1. The van der Waals surface area contributed by atoms with Crippen LogP contribution in [0.5, 0.6) is 0 Å². The number of hydrogen-bond donors (Lipinski definition) is 1. The van der Waals surface area contributed by atoms with Gasteiger partial charge < -0.3 is 5.32 Å². The van der Waals surface area contributed by atoms with Gasteiger partial charge in [0.1, 0.15) is 4.90 Å². The Balaban J connectivity index is 1.94. The molecule has 1 N–H and O–H groups in total. The van der Waals surface area contributed by atoms with Crippen molar-refractivity contribution in [3.8, 4) is 0 Å². The van der Waals surface area contributed by atoms with Gasteiger partial charge in [0.15, 0.2) is 0 Å². The molecule has 3 heterocycles. The van der Waals surface area contributed by atoms with E-state index in [4.69, 9.17) is 0 Å². The van der Waals surface area contributed by atoms with Gasteiger partial charge in [0.25, 0.3) is 0 Å². The molecule has 6 nitrogen and oxygen atoms in total. The molecule has 0 amide bonds. The van der Waals surface area contributed by atoms with Gasteiger partial charge >= 0.3 is 0 Å². The standard InChI is InChI=1S/C15H26N4O2S/c1-3-18-12(2)15(11-17-18)22(20,21)19-10-6-7-13-14(19)8-4-5-9-16-13/h11,13-14,16H,3-10H2,1-2H3/t13-,14+/m1/s1. The van der Waals surface area contributed by atoms with Crippen LogP contribution in [0, 0.1) is 6.92 Å². The van der Waals surface area contributed by atoms with Crippen molar-refractivity contribution in [3.05, 3.63) is 11.9 Å². The molecule has 0 radical (unpaired) electrons. The van der Waals surface area contributed by atoms with E-state index >= 15 is 0 Å². The van der Waals surface area contributed by atoms with Crippen molar-refractivity contribution >= 4 is 10.0 Å². The van der Waals surface area contributed by atoms with E-state index in [1.165, 1.54) is 6.20 Å². The first-order chi connectivity index (χ1) is 10.6. The fourth-order valence-corrected chi connectivity index (χ4v) is 5.69. The van der Waals surface area contributed by atoms with Gasteiger partial charge in [-0.1, -0.05) is 6.42 Å². The SMILES string of the molecule is CCn1ncc(S(=O)(=O)N2CCC[C@H]3NCCCC[C@@H]32)c1C. The van der Waals surface area contributed by atoms with E-state index < -0.39 is 10.0 Å². The van der Waals surface area contributed by atoms with Crippen LogP contribution in [0.15, 0.2) is 11.1 Å². The number of fused-ring (bicyclic) bond motifs is 1. The molecule has 2 aliphatic rings. The summed E-state index contributed by atoms with van der Waals surface area (Å²) in [7, 11) is -3.46. The highest BCUT2D eigenvalue weighted by atomic mass is 32.2. The molecule has 3 rings (SSSR count). The van der Waals surface area contributed by atoms with E-state index in [9.17, 15) is 8.42 Å². The van der Waals surface area contributed by atoms with Gasteiger partial charge in [0, 0.05) is 25.2 Å². The second-order valence-electron chi connectivity index (χ2n) is 6.29. The summed E-state index contributed by atoms with van der Waals surface area (Å²) in [6.07, 6.45) is 6.69. The topological polar surface area (TPSA) is 67.2 Å². The van der Waals surface area contributed by atoms with E-state index in [-0.39, 0.29) is 6.04 Å². The zero-order chi connectivity index (χ0) is 15.7. The van der Waals surface area contributed by atoms with Crippen molar-refractivity contribution in [2.24, 2.45) is 0 Å². The summed E-state index contributed by atoms with van der Waals surface area (Å²) in [5.41, 5.74) is 0.742. The number of hydrogen-bond acceptors (Lipinski definition) is 4. The minimum Gasteiger partial charge on any atom is -0.312 e. The lowest BCUT2D eigenvalue weighted by atomic mass is 9.96. The van der Waals surface area contributed by atoms with Gasteiger partial charge in [0.05, 0.1) is 11.9 Å². The minimum atomic E-state index is -3.46. The van der Waals surface area contributed by atoms with Crippen molar-refractivity contribution in [3.63, 3.8) is 0 Å². The van der Waals surface area contributed by atoms with Crippen LogP contribution >= 0.6 is 0 Å². The third-order valence-electron chi connectivity index (χ3n) is 5.01. The molecular weight excluding hydrogens is 300 g/mol. The molecule has 2 saturated heterocycles. The van der Waals surface area contributed by atoms with Gasteiger partial charge in [-0.25, -0.2) is 8.42 Å². The molecule has 0 saturated carbocycles. The Morgan fingerprint density at radius 2 is 2.14 bits per heavy atom. The molecule has 0 unspecified atom stereocenters. The van der Waals surface area contributed by atoms with Crippen LogP contribution < -0.4 is 5.32 Å². The van der Waals surface area contributed by atoms with Crippen LogP contribution in [0.2, 0.25) is 0 Å². The second kappa shape index (κ2) is 6.29. The summed E-state index contributed by atoms with van der Waals surface area (Å²) < 4.78 is 29.8. The van der Waals surface area contributed by atoms with Crippen LogP contribution in [0.25, 0.3) is 0 Å². The Morgan fingerprint density at radius 1 is 1.32 bits per heavy atom. The van der Waals surface area contributed by atoms with Crippen molar-refractivity contribution in [1.29, 1.82) is 0 Å². The second-order valence-corrected chi connectivity index (χ2v) is 8.15. The lowest BCUT2D eigenvalue weighted by Crippen LogP contribution is -2.54. The third kappa shape index (κ3) is 2.70. The first kappa shape index (κ1) is 16.0. The minimum absolute atomic E-state index is 0.0885. The smallest absolute Gasteiger partial charge is 0.246 e. The molecule has 22 heavy (non-hydrogen) atoms. The summed E-state index contributed by atoms with van der Waals surface area (Å²) in [6, 6.07) is 0.387. The average molecular weight is 326 g/mol. The fraction of sp³-hybridized carbons (Fsp3) is 0.800. The molecule has 0 aliphatic carbocycles. The first-order valence-corrected chi connectivity index (χ1v) is 9.77. The Morgan fingerprint density at radius 3 is 2.86 bits per heavy atom. The number of aromatic nitrogens is 2. The highest BCUT2D eigenvalue weighted by Gasteiger charge is 2.40. The number of aryl methyl sites for hydroxylation is 1. The van der Waals surface area contributed by atoms with E-state index in [2.05, 4.69) is 10.4 Å². The molecule has 2 aliphatic heterocycles. The summed E-state index contributed by atoms with van der Waals surface area (Å²) in [4.78, 5) is 0.374. The van der Waals surface area contributed by atoms with Gasteiger partial charge in [0.2, 0.25) is 10.0 Å². The van der Waals surface area contributed by atoms with Crippen molar-refractivity contribution < 1.29 is 8.42 Å². The summed E-state index contributed by atoms with van der Waals surface area (Å²) in [5.74, 6) is 0. The molecule has 0 spiro atoms. The van der Waals surface area contributed by atoms with Crippen molar-refractivity contribution in [2.75, 3.05) is 13.1 Å². The van der Waals surface area contributed by atoms with Crippen LogP contribution in [0.3, 0.4) is 0 Å². The monoisotopic (exact) mass is 326 g/mol. The average Bonchev–Trinajstić information content (AvgIpc) is 2.73. The number of rotatable bonds is 3. The highest BCUT2D eigenvalue weighted by molar-refractivity contribution is 7.89. The summed E-state index contributed by atoms with van der Waals surface area (Å²) >= 11 is 0. The van der Waals surface area contributed by atoms with Crippen LogP contribution in [0.1, 0.15) is 44.7 Å². The summed E-state index contributed by atoms with van der Waals surface area (Å²) in [6.45, 7) is 6.14. The van der Waals surface area contributed by atoms with Crippen LogP contribution in [-0.4, -0.2) is 47.7 Å². The summed E-state index contributed by atoms with van der Waals surface area (Å²) in [5, 5.41) is 7.75. The van der Waals surface area contributed by atoms with Gasteiger partial charge in [-0.15, -0.1) is 0 Å². The maximum atomic E-state index is 13.1. The molecule has 2 atom stereocenters. The zero-order valence-corrected chi connectivity index (χ0v) is 14.3.